The number of piperidine rings is 2. The second-order valence-electron chi connectivity index (χ2n) is 13.8. The van der Waals surface area contributed by atoms with E-state index in [1.165, 1.54) is 5.56 Å². The van der Waals surface area contributed by atoms with E-state index in [2.05, 4.69) is 46.0 Å². The summed E-state index contributed by atoms with van der Waals surface area (Å²) in [4.78, 5) is 16.3. The van der Waals surface area contributed by atoms with Gasteiger partial charge in [-0.05, 0) is 65.2 Å². The highest BCUT2D eigenvalue weighted by Gasteiger charge is 2.90. The molecule has 0 aromatic heterocycles. The van der Waals surface area contributed by atoms with Gasteiger partial charge in [0.1, 0.15) is 12.4 Å². The fraction of sp³-hybridized carbons (Fsp3) is 0.457. The first-order valence-corrected chi connectivity index (χ1v) is 18.1. The van der Waals surface area contributed by atoms with Gasteiger partial charge >= 0.3 is 0 Å². The van der Waals surface area contributed by atoms with Gasteiger partial charge in [-0.1, -0.05) is 63.2 Å². The van der Waals surface area contributed by atoms with Crippen molar-refractivity contribution in [2.75, 3.05) is 33.1 Å². The molecule has 0 spiro atoms. The Hall–Kier alpha value is -3.49. The lowest BCUT2D eigenvalue weighted by atomic mass is 9.81. The highest BCUT2D eigenvalue weighted by molar-refractivity contribution is 6.74. The van der Waals surface area contributed by atoms with Crippen LogP contribution in [-0.4, -0.2) is 52.5 Å². The molecule has 7 nitrogen and oxygen atoms in total. The Morgan fingerprint density at radius 3 is 2.30 bits per heavy atom. The molecule has 2 saturated heterocycles. The summed E-state index contributed by atoms with van der Waals surface area (Å²) in [6.45, 7) is 12.9. The van der Waals surface area contributed by atoms with Crippen LogP contribution in [0.5, 0.6) is 17.2 Å². The van der Waals surface area contributed by atoms with Crippen molar-refractivity contribution >= 4 is 19.9 Å². The minimum Gasteiger partial charge on any atom is -0.497 e. The van der Waals surface area contributed by atoms with Gasteiger partial charge in [0.25, 0.3) is 5.91 Å². The summed E-state index contributed by atoms with van der Waals surface area (Å²) < 4.78 is 23.9. The topological polar surface area (TPSA) is 83.2 Å². The van der Waals surface area contributed by atoms with Gasteiger partial charge in [-0.2, -0.15) is 0 Å². The average Bonchev–Trinajstić information content (AvgIpc) is 3.89. The molecule has 2 aliphatic carbocycles. The maximum absolute atomic E-state index is 14.3. The van der Waals surface area contributed by atoms with Gasteiger partial charge in [-0.25, -0.2) is 0 Å². The second-order valence-corrected chi connectivity index (χ2v) is 18.6. The van der Waals surface area contributed by atoms with Gasteiger partial charge in [-0.15, -0.1) is 0 Å². The minimum absolute atomic E-state index is 0.0295. The molecule has 4 aliphatic rings. The van der Waals surface area contributed by atoms with Crippen molar-refractivity contribution in [2.45, 2.75) is 57.0 Å². The quantitative estimate of drug-likeness (QED) is 0.211. The van der Waals surface area contributed by atoms with Crippen molar-refractivity contribution in [1.29, 1.82) is 0 Å². The highest BCUT2D eigenvalue weighted by Crippen LogP contribution is 2.87. The molecular weight excluding hydrogens is 556 g/mol. The van der Waals surface area contributed by atoms with Crippen molar-refractivity contribution in [1.82, 2.24) is 4.90 Å². The number of methoxy groups -OCH3 is 2. The van der Waals surface area contributed by atoms with E-state index >= 15 is 0 Å². The maximum atomic E-state index is 14.3. The lowest BCUT2D eigenvalue weighted by Gasteiger charge is -2.45. The predicted molar refractivity (Wildman–Crippen MR) is 171 cm³/mol. The van der Waals surface area contributed by atoms with Crippen molar-refractivity contribution in [2.24, 2.45) is 17.8 Å². The predicted octanol–water partition coefficient (Wildman–Crippen LogP) is 6.53. The van der Waals surface area contributed by atoms with Crippen LogP contribution in [-0.2, 0) is 16.4 Å². The number of nitrogens with zero attached hydrogens (tertiary/aromatic N) is 1. The van der Waals surface area contributed by atoms with Gasteiger partial charge in [0.2, 0.25) is 0 Å². The van der Waals surface area contributed by atoms with E-state index in [9.17, 15) is 4.79 Å². The van der Waals surface area contributed by atoms with Gasteiger partial charge in [0.05, 0.1) is 32.4 Å². The molecule has 2 heterocycles. The molecule has 4 fully saturated rings. The van der Waals surface area contributed by atoms with E-state index in [0.29, 0.717) is 60.3 Å². The number of anilines is 1. The molecule has 3 aromatic rings. The molecule has 7 rings (SSSR count). The average molecular weight is 601 g/mol. The van der Waals surface area contributed by atoms with Crippen LogP contribution in [0.4, 0.5) is 5.69 Å². The largest absolute Gasteiger partial charge is 0.497 e. The van der Waals surface area contributed by atoms with E-state index in [0.717, 1.165) is 11.3 Å². The summed E-state index contributed by atoms with van der Waals surface area (Å²) in [5.41, 5.74) is 9.88. The number of hydrogen-bond donors (Lipinski definition) is 1. The zero-order valence-electron chi connectivity index (χ0n) is 26.3. The van der Waals surface area contributed by atoms with Crippen LogP contribution in [0.25, 0.3) is 0 Å². The zero-order chi connectivity index (χ0) is 30.7. The van der Waals surface area contributed by atoms with E-state index in [1.807, 2.05) is 47.4 Å². The third-order valence-electron chi connectivity index (χ3n) is 10.6. The number of ether oxygens (including phenoxy) is 3. The van der Waals surface area contributed by atoms with E-state index in [-0.39, 0.29) is 22.4 Å². The second kappa shape index (κ2) is 10.6. The summed E-state index contributed by atoms with van der Waals surface area (Å²) in [5, 5.41) is 0.0759. The monoisotopic (exact) mass is 600 g/mol. The number of hydrogen-bond acceptors (Lipinski definition) is 6. The summed E-state index contributed by atoms with van der Waals surface area (Å²) in [7, 11) is 1.24. The molecule has 0 radical (unpaired) electrons. The maximum Gasteiger partial charge on any atom is 0.256 e. The lowest BCUT2D eigenvalue weighted by molar-refractivity contribution is 0.0263. The first kappa shape index (κ1) is 29.6. The normalized spacial score (nSPS) is 25.5. The molecule has 8 heteroatoms. The van der Waals surface area contributed by atoms with Crippen LogP contribution >= 0.6 is 0 Å². The molecular formula is C35H44N2O5Si. The van der Waals surface area contributed by atoms with Crippen molar-refractivity contribution < 1.29 is 23.4 Å². The fourth-order valence-electron chi connectivity index (χ4n) is 7.06. The van der Waals surface area contributed by atoms with Crippen molar-refractivity contribution in [3.63, 3.8) is 0 Å². The number of carbonyl (C=O) groups excluding carboxylic acids is 1. The first-order chi connectivity index (χ1) is 20.4. The summed E-state index contributed by atoms with van der Waals surface area (Å²) >= 11 is 0. The molecule has 3 aromatic carbocycles. The van der Waals surface area contributed by atoms with Crippen molar-refractivity contribution in [3.05, 3.63) is 83.4 Å². The Morgan fingerprint density at radius 1 is 0.977 bits per heavy atom. The van der Waals surface area contributed by atoms with Crippen LogP contribution < -0.4 is 19.9 Å². The number of carbonyl (C=O) groups is 1. The fourth-order valence-corrected chi connectivity index (χ4v) is 8.08. The van der Waals surface area contributed by atoms with Gasteiger partial charge in [0, 0.05) is 23.7 Å². The van der Waals surface area contributed by atoms with Crippen LogP contribution in [0.15, 0.2) is 66.7 Å². The minimum atomic E-state index is -2.04. The molecule has 2 unspecified atom stereocenters. The molecule has 2 aliphatic heterocycles. The smallest absolute Gasteiger partial charge is 0.256 e. The number of rotatable bonds is 10. The molecule has 228 valence electrons. The number of nitrogens with two attached hydrogens (primary N) is 1. The summed E-state index contributed by atoms with van der Waals surface area (Å²) in [6, 6.07) is 21.8. The molecule has 5 atom stereocenters. The number of benzene rings is 3. The standard InChI is InChI=1S/C35H44N2O5Si/c1-34(2,3)43(6,7)42-21-28-32-31-26(35(31,32)23-13-15-24(39-4)16-14-23)19-37(28)33(38)25-17-29(40-5)30(18-27(25)36)41-20-22-11-9-8-10-12-22/h8-18,26,28,31-32H,19-21,36H2,1-7H3/t26?,28-,31+,32?,35-/m1/s1. The Bertz CT molecular complexity index is 1500. The van der Waals surface area contributed by atoms with Gasteiger partial charge in [0.15, 0.2) is 19.8 Å². The Kier molecular flexibility index (Phi) is 7.29. The van der Waals surface area contributed by atoms with Crippen LogP contribution in [0, 0.1) is 17.8 Å². The lowest BCUT2D eigenvalue weighted by Crippen LogP contribution is -2.56. The zero-order valence-corrected chi connectivity index (χ0v) is 27.3. The molecule has 2 N–H and O–H groups in total. The third kappa shape index (κ3) is 4.88. The number of amides is 1. The number of nitrogen functional groups attached to an aromatic ring is 1. The van der Waals surface area contributed by atoms with Gasteiger partial charge < -0.3 is 29.3 Å². The van der Waals surface area contributed by atoms with E-state index in [1.54, 1.807) is 26.4 Å². The third-order valence-corrected chi connectivity index (χ3v) is 15.1. The Balaban J connectivity index is 1.27. The Labute approximate surface area is 256 Å². The molecule has 1 amide bonds. The van der Waals surface area contributed by atoms with Crippen molar-refractivity contribution in [3.8, 4) is 17.2 Å². The molecule has 2 bridgehead atoms. The summed E-state index contributed by atoms with van der Waals surface area (Å²) in [5.74, 6) is 3.18. The Morgan fingerprint density at radius 2 is 1.67 bits per heavy atom. The number of fused-ring (bicyclic) bond motifs is 2. The van der Waals surface area contributed by atoms with Crippen LogP contribution in [0.1, 0.15) is 42.3 Å². The molecule has 43 heavy (non-hydrogen) atoms. The molecule has 2 saturated carbocycles. The highest BCUT2D eigenvalue weighted by atomic mass is 28.4. The van der Waals surface area contributed by atoms with E-state index < -0.39 is 8.32 Å². The van der Waals surface area contributed by atoms with E-state index in [4.69, 9.17) is 24.4 Å². The summed E-state index contributed by atoms with van der Waals surface area (Å²) in [6.07, 6.45) is 0. The SMILES string of the molecule is COc1ccc([C@]23C4CN(C(=O)c5cc(OC)c(OCc6ccccc6)cc5N)[C@H](CO[Si](C)(C)C(C)(C)C)C2[C@H]43)cc1. The first-order valence-electron chi connectivity index (χ1n) is 15.2. The van der Waals surface area contributed by atoms with Crippen LogP contribution in [0.3, 0.4) is 0 Å². The van der Waals surface area contributed by atoms with Gasteiger partial charge in [-0.3, -0.25) is 4.79 Å². The van der Waals surface area contributed by atoms with Crippen LogP contribution in [0.2, 0.25) is 18.1 Å².